The van der Waals surface area contributed by atoms with Crippen LogP contribution in [0.5, 0.6) is 0 Å². The van der Waals surface area contributed by atoms with Crippen LogP contribution in [-0.2, 0) is 0 Å². The van der Waals surface area contributed by atoms with Crippen LogP contribution in [0.3, 0.4) is 0 Å². The fourth-order valence-corrected chi connectivity index (χ4v) is 4.98. The predicted octanol–water partition coefficient (Wildman–Crippen LogP) is 3.38. The number of hydrogen-bond donors (Lipinski definition) is 1. The molecule has 5 rings (SSSR count). The van der Waals surface area contributed by atoms with Crippen molar-refractivity contribution in [1.29, 1.82) is 0 Å². The van der Waals surface area contributed by atoms with Gasteiger partial charge in [0.05, 0.1) is 5.39 Å². The third-order valence-corrected chi connectivity index (χ3v) is 6.72. The van der Waals surface area contributed by atoms with E-state index in [1.807, 2.05) is 6.20 Å². The standard InChI is InChI=1S/C21H27N5/c1-15-3-5-17(6-4-15)12-26-11-16(2)21(26)8-10-25(13-21)20-18-7-9-22-19(18)23-14-24-20/h3,5-7,9,14-16H,4,8,10-13H2,1-2H3,(H,22,23,24)/t15?,16-,21-/m0/s1. The van der Waals surface area contributed by atoms with Crippen LogP contribution < -0.4 is 4.90 Å². The van der Waals surface area contributed by atoms with Crippen LogP contribution in [0.4, 0.5) is 5.82 Å². The second-order valence-corrected chi connectivity index (χ2v) is 8.35. The van der Waals surface area contributed by atoms with Gasteiger partial charge in [-0.05, 0) is 36.3 Å². The summed E-state index contributed by atoms with van der Waals surface area (Å²) in [6, 6.07) is 2.09. The fraction of sp³-hybridized carbons (Fsp3) is 0.524. The Morgan fingerprint density at radius 3 is 3.04 bits per heavy atom. The van der Waals surface area contributed by atoms with Crippen LogP contribution in [0.15, 0.2) is 42.4 Å². The van der Waals surface area contributed by atoms with Crippen molar-refractivity contribution in [2.75, 3.05) is 31.1 Å². The summed E-state index contributed by atoms with van der Waals surface area (Å²) in [7, 11) is 0. The van der Waals surface area contributed by atoms with Gasteiger partial charge in [0.2, 0.25) is 0 Å². The van der Waals surface area contributed by atoms with E-state index in [9.17, 15) is 0 Å². The van der Waals surface area contributed by atoms with Crippen molar-refractivity contribution in [3.63, 3.8) is 0 Å². The van der Waals surface area contributed by atoms with Gasteiger partial charge >= 0.3 is 0 Å². The van der Waals surface area contributed by atoms with Gasteiger partial charge in [-0.1, -0.05) is 32.1 Å². The zero-order chi connectivity index (χ0) is 17.7. The average Bonchev–Trinajstić information content (AvgIpc) is 3.31. The van der Waals surface area contributed by atoms with Crippen molar-refractivity contribution >= 4 is 16.9 Å². The first-order valence-corrected chi connectivity index (χ1v) is 9.81. The highest BCUT2D eigenvalue weighted by Gasteiger charge is 2.54. The third kappa shape index (κ3) is 2.41. The molecule has 2 aliphatic heterocycles. The van der Waals surface area contributed by atoms with Gasteiger partial charge < -0.3 is 9.88 Å². The lowest BCUT2D eigenvalue weighted by atomic mass is 9.73. The summed E-state index contributed by atoms with van der Waals surface area (Å²) in [5, 5.41) is 1.13. The van der Waals surface area contributed by atoms with E-state index in [0.717, 1.165) is 42.4 Å². The first kappa shape index (κ1) is 16.1. The molecular weight excluding hydrogens is 322 g/mol. The molecule has 0 bridgehead atoms. The summed E-state index contributed by atoms with van der Waals surface area (Å²) in [6.07, 6.45) is 13.2. The Kier molecular flexibility index (Phi) is 3.67. The van der Waals surface area contributed by atoms with Crippen LogP contribution in [0.1, 0.15) is 26.7 Å². The predicted molar refractivity (Wildman–Crippen MR) is 105 cm³/mol. The van der Waals surface area contributed by atoms with Crippen molar-refractivity contribution < 1.29 is 0 Å². The van der Waals surface area contributed by atoms with Gasteiger partial charge in [-0.3, -0.25) is 4.90 Å². The van der Waals surface area contributed by atoms with Crippen LogP contribution in [0.2, 0.25) is 0 Å². The molecule has 3 aliphatic rings. The SMILES string of the molecule is CC1C=CC(CN2C[C@H](C)[C@@]23CCN(c2ncnc4[nH]ccc24)C3)=CC1. The monoisotopic (exact) mass is 349 g/mol. The van der Waals surface area contributed by atoms with Crippen molar-refractivity contribution in [1.82, 2.24) is 19.9 Å². The highest BCUT2D eigenvalue weighted by molar-refractivity contribution is 5.87. The molecule has 3 atom stereocenters. The average molecular weight is 349 g/mol. The van der Waals surface area contributed by atoms with Gasteiger partial charge in [-0.25, -0.2) is 9.97 Å². The summed E-state index contributed by atoms with van der Waals surface area (Å²) in [6.45, 7) is 9.14. The van der Waals surface area contributed by atoms with Crippen molar-refractivity contribution in [2.45, 2.75) is 32.2 Å². The molecule has 0 saturated carbocycles. The van der Waals surface area contributed by atoms with E-state index in [2.05, 4.69) is 62.9 Å². The Labute approximate surface area is 154 Å². The summed E-state index contributed by atoms with van der Waals surface area (Å²) in [5.41, 5.74) is 2.72. The molecule has 2 aromatic rings. The van der Waals surface area contributed by atoms with E-state index >= 15 is 0 Å². The summed E-state index contributed by atoms with van der Waals surface area (Å²) < 4.78 is 0. The van der Waals surface area contributed by atoms with Gasteiger partial charge in [0.15, 0.2) is 0 Å². The molecule has 2 saturated heterocycles. The molecule has 136 valence electrons. The second kappa shape index (κ2) is 5.95. The zero-order valence-electron chi connectivity index (χ0n) is 15.7. The quantitative estimate of drug-likeness (QED) is 0.923. The minimum atomic E-state index is 0.297. The molecule has 1 unspecified atom stereocenters. The van der Waals surface area contributed by atoms with Crippen molar-refractivity contribution in [2.24, 2.45) is 11.8 Å². The van der Waals surface area contributed by atoms with Crippen molar-refractivity contribution in [3.8, 4) is 0 Å². The molecule has 5 nitrogen and oxygen atoms in total. The maximum absolute atomic E-state index is 4.61. The number of hydrogen-bond acceptors (Lipinski definition) is 4. The van der Waals surface area contributed by atoms with Crippen molar-refractivity contribution in [3.05, 3.63) is 42.4 Å². The zero-order valence-corrected chi connectivity index (χ0v) is 15.7. The van der Waals surface area contributed by atoms with E-state index in [-0.39, 0.29) is 0 Å². The van der Waals surface area contributed by atoms with E-state index < -0.39 is 0 Å². The first-order valence-electron chi connectivity index (χ1n) is 9.81. The lowest BCUT2D eigenvalue weighted by molar-refractivity contribution is -0.0498. The Bertz CT molecular complexity index is 881. The number of nitrogens with zero attached hydrogens (tertiary/aromatic N) is 4. The number of likely N-dealkylation sites (tertiary alicyclic amines) is 1. The molecule has 4 heterocycles. The van der Waals surface area contributed by atoms with E-state index in [0.29, 0.717) is 11.5 Å². The minimum Gasteiger partial charge on any atom is -0.354 e. The number of aromatic nitrogens is 3. The summed E-state index contributed by atoms with van der Waals surface area (Å²) in [5.74, 6) is 2.51. The van der Waals surface area contributed by atoms with E-state index in [1.54, 1.807) is 6.33 Å². The fourth-order valence-electron chi connectivity index (χ4n) is 4.98. The van der Waals surface area contributed by atoms with Gasteiger partial charge in [-0.15, -0.1) is 0 Å². The van der Waals surface area contributed by atoms with Gasteiger partial charge in [0.1, 0.15) is 17.8 Å². The Hall–Kier alpha value is -2.14. The topological polar surface area (TPSA) is 48.1 Å². The molecule has 26 heavy (non-hydrogen) atoms. The number of allylic oxidation sites excluding steroid dienone is 2. The molecule has 1 spiro atoms. The molecule has 1 aliphatic carbocycles. The lowest BCUT2D eigenvalue weighted by Gasteiger charge is -2.56. The first-order chi connectivity index (χ1) is 12.7. The second-order valence-electron chi connectivity index (χ2n) is 8.35. The summed E-state index contributed by atoms with van der Waals surface area (Å²) in [4.78, 5) is 17.3. The lowest BCUT2D eigenvalue weighted by Crippen LogP contribution is -2.67. The normalized spacial score (nSPS) is 31.6. The minimum absolute atomic E-state index is 0.297. The third-order valence-electron chi connectivity index (χ3n) is 6.72. The van der Waals surface area contributed by atoms with Crippen LogP contribution in [-0.4, -0.2) is 51.6 Å². The molecular formula is C21H27N5. The highest BCUT2D eigenvalue weighted by atomic mass is 15.4. The number of anilines is 1. The number of aromatic amines is 1. The number of rotatable bonds is 3. The van der Waals surface area contributed by atoms with Crippen LogP contribution >= 0.6 is 0 Å². The molecule has 0 aromatic carbocycles. The van der Waals surface area contributed by atoms with Gasteiger partial charge in [0, 0.05) is 37.9 Å². The Morgan fingerprint density at radius 2 is 2.23 bits per heavy atom. The molecule has 1 N–H and O–H groups in total. The molecule has 0 radical (unpaired) electrons. The summed E-state index contributed by atoms with van der Waals surface area (Å²) >= 11 is 0. The smallest absolute Gasteiger partial charge is 0.142 e. The van der Waals surface area contributed by atoms with Gasteiger partial charge in [-0.2, -0.15) is 0 Å². The number of fused-ring (bicyclic) bond motifs is 1. The highest BCUT2D eigenvalue weighted by Crippen LogP contribution is 2.45. The van der Waals surface area contributed by atoms with Crippen LogP contribution in [0.25, 0.3) is 11.0 Å². The van der Waals surface area contributed by atoms with E-state index in [1.165, 1.54) is 25.0 Å². The largest absolute Gasteiger partial charge is 0.354 e. The number of nitrogens with one attached hydrogen (secondary N) is 1. The maximum Gasteiger partial charge on any atom is 0.142 e. The maximum atomic E-state index is 4.61. The molecule has 2 fully saturated rings. The van der Waals surface area contributed by atoms with E-state index in [4.69, 9.17) is 0 Å². The Balaban J connectivity index is 1.36. The van der Waals surface area contributed by atoms with Gasteiger partial charge in [0.25, 0.3) is 0 Å². The Morgan fingerprint density at radius 1 is 1.31 bits per heavy atom. The van der Waals surface area contributed by atoms with Crippen LogP contribution in [0, 0.1) is 11.8 Å². The molecule has 5 heteroatoms. The molecule has 0 amide bonds. The number of H-pyrrole nitrogens is 1. The molecule has 2 aromatic heterocycles.